The van der Waals surface area contributed by atoms with E-state index in [0.717, 1.165) is 19.4 Å². The van der Waals surface area contributed by atoms with E-state index in [0.29, 0.717) is 32.2 Å². The zero-order chi connectivity index (χ0) is 13.0. The Balaban J connectivity index is 1.68. The van der Waals surface area contributed by atoms with E-state index in [2.05, 4.69) is 15.0 Å². The SMILES string of the molecule is COC(=O)C1CN(CCC(=O)NC2CC2)CCO1. The molecule has 1 atom stereocenters. The fraction of sp³-hybridized carbons (Fsp3) is 0.833. The van der Waals surface area contributed by atoms with Gasteiger partial charge in [0.25, 0.3) is 0 Å². The lowest BCUT2D eigenvalue weighted by atomic mass is 10.2. The van der Waals surface area contributed by atoms with Crippen LogP contribution in [0.15, 0.2) is 0 Å². The number of morpholine rings is 1. The summed E-state index contributed by atoms with van der Waals surface area (Å²) >= 11 is 0. The Labute approximate surface area is 107 Å². The third kappa shape index (κ3) is 3.96. The Hall–Kier alpha value is -1.14. The van der Waals surface area contributed by atoms with Crippen LogP contribution in [0.5, 0.6) is 0 Å². The van der Waals surface area contributed by atoms with Gasteiger partial charge in [-0.25, -0.2) is 4.79 Å². The van der Waals surface area contributed by atoms with E-state index in [9.17, 15) is 9.59 Å². The second kappa shape index (κ2) is 6.15. The summed E-state index contributed by atoms with van der Waals surface area (Å²) in [5.41, 5.74) is 0. The second-order valence-electron chi connectivity index (χ2n) is 4.77. The first-order chi connectivity index (χ1) is 8.69. The number of nitrogens with zero attached hydrogens (tertiary/aromatic N) is 1. The zero-order valence-corrected chi connectivity index (χ0v) is 10.7. The lowest BCUT2D eigenvalue weighted by Crippen LogP contribution is -2.47. The van der Waals surface area contributed by atoms with Crippen molar-refractivity contribution in [2.75, 3.05) is 33.4 Å². The van der Waals surface area contributed by atoms with Crippen LogP contribution < -0.4 is 5.32 Å². The highest BCUT2D eigenvalue weighted by Gasteiger charge is 2.28. The van der Waals surface area contributed by atoms with Crippen molar-refractivity contribution in [1.82, 2.24) is 10.2 Å². The van der Waals surface area contributed by atoms with Gasteiger partial charge in [-0.15, -0.1) is 0 Å². The van der Waals surface area contributed by atoms with Gasteiger partial charge in [0.15, 0.2) is 6.10 Å². The summed E-state index contributed by atoms with van der Waals surface area (Å²) in [6.07, 6.45) is 2.17. The fourth-order valence-electron chi connectivity index (χ4n) is 1.97. The Kier molecular flexibility index (Phi) is 4.54. The first kappa shape index (κ1) is 13.3. The van der Waals surface area contributed by atoms with E-state index < -0.39 is 6.10 Å². The number of rotatable bonds is 5. The summed E-state index contributed by atoms with van der Waals surface area (Å²) < 4.78 is 9.98. The molecule has 1 saturated carbocycles. The molecule has 0 bridgehead atoms. The third-order valence-electron chi connectivity index (χ3n) is 3.21. The van der Waals surface area contributed by atoms with Gasteiger partial charge in [-0.05, 0) is 12.8 Å². The van der Waals surface area contributed by atoms with E-state index in [1.807, 2.05) is 0 Å². The number of carbonyl (C=O) groups excluding carboxylic acids is 2. The van der Waals surface area contributed by atoms with Crippen molar-refractivity contribution >= 4 is 11.9 Å². The molecule has 102 valence electrons. The number of methoxy groups -OCH3 is 1. The Morgan fingerprint density at radius 2 is 2.22 bits per heavy atom. The minimum absolute atomic E-state index is 0.0959. The number of esters is 1. The summed E-state index contributed by atoms with van der Waals surface area (Å²) in [4.78, 5) is 25.0. The van der Waals surface area contributed by atoms with Crippen molar-refractivity contribution in [2.24, 2.45) is 0 Å². The molecule has 1 N–H and O–H groups in total. The molecule has 2 fully saturated rings. The molecule has 1 unspecified atom stereocenters. The van der Waals surface area contributed by atoms with Crippen LogP contribution in [0.1, 0.15) is 19.3 Å². The van der Waals surface area contributed by atoms with Crippen LogP contribution in [0.3, 0.4) is 0 Å². The molecular weight excluding hydrogens is 236 g/mol. The summed E-state index contributed by atoms with van der Waals surface area (Å²) in [7, 11) is 1.35. The minimum Gasteiger partial charge on any atom is -0.467 e. The van der Waals surface area contributed by atoms with Crippen molar-refractivity contribution < 1.29 is 19.1 Å². The van der Waals surface area contributed by atoms with Gasteiger partial charge in [-0.1, -0.05) is 0 Å². The lowest BCUT2D eigenvalue weighted by molar-refractivity contribution is -0.159. The maximum absolute atomic E-state index is 11.5. The molecule has 1 amide bonds. The molecular formula is C12H20N2O4. The van der Waals surface area contributed by atoms with E-state index >= 15 is 0 Å². The molecule has 1 aliphatic heterocycles. The zero-order valence-electron chi connectivity index (χ0n) is 10.7. The topological polar surface area (TPSA) is 67.9 Å². The number of hydrogen-bond donors (Lipinski definition) is 1. The van der Waals surface area contributed by atoms with Crippen molar-refractivity contribution in [3.63, 3.8) is 0 Å². The third-order valence-corrected chi connectivity index (χ3v) is 3.21. The average Bonchev–Trinajstić information content (AvgIpc) is 3.19. The highest BCUT2D eigenvalue weighted by atomic mass is 16.6. The molecule has 1 heterocycles. The van der Waals surface area contributed by atoms with E-state index in [-0.39, 0.29) is 11.9 Å². The van der Waals surface area contributed by atoms with Gasteiger partial charge in [0.05, 0.1) is 13.7 Å². The molecule has 0 aromatic heterocycles. The number of amides is 1. The number of hydrogen-bond acceptors (Lipinski definition) is 5. The maximum atomic E-state index is 11.5. The largest absolute Gasteiger partial charge is 0.467 e. The van der Waals surface area contributed by atoms with Crippen molar-refractivity contribution in [1.29, 1.82) is 0 Å². The van der Waals surface area contributed by atoms with Gasteiger partial charge in [0, 0.05) is 32.1 Å². The number of carbonyl (C=O) groups is 2. The highest BCUT2D eigenvalue weighted by molar-refractivity contribution is 5.77. The molecule has 2 rings (SSSR count). The molecule has 0 spiro atoms. The molecule has 18 heavy (non-hydrogen) atoms. The van der Waals surface area contributed by atoms with Crippen LogP contribution in [0.4, 0.5) is 0 Å². The molecule has 1 saturated heterocycles. The van der Waals surface area contributed by atoms with E-state index in [4.69, 9.17) is 4.74 Å². The van der Waals surface area contributed by atoms with Crippen molar-refractivity contribution in [2.45, 2.75) is 31.4 Å². The molecule has 6 heteroatoms. The summed E-state index contributed by atoms with van der Waals surface area (Å²) in [6.45, 7) is 2.42. The molecule has 6 nitrogen and oxygen atoms in total. The van der Waals surface area contributed by atoms with Gasteiger partial charge in [-0.2, -0.15) is 0 Å². The first-order valence-electron chi connectivity index (χ1n) is 6.40. The Morgan fingerprint density at radius 3 is 2.89 bits per heavy atom. The maximum Gasteiger partial charge on any atom is 0.336 e. The van der Waals surface area contributed by atoms with Crippen LogP contribution in [0.2, 0.25) is 0 Å². The minimum atomic E-state index is -0.518. The smallest absolute Gasteiger partial charge is 0.336 e. The van der Waals surface area contributed by atoms with Crippen LogP contribution in [-0.2, 0) is 19.1 Å². The van der Waals surface area contributed by atoms with Crippen LogP contribution in [-0.4, -0.2) is 62.3 Å². The molecule has 0 aromatic carbocycles. The van der Waals surface area contributed by atoms with E-state index in [1.54, 1.807) is 0 Å². The normalized spacial score (nSPS) is 24.6. The highest BCUT2D eigenvalue weighted by Crippen LogP contribution is 2.18. The molecule has 0 radical (unpaired) electrons. The van der Waals surface area contributed by atoms with Gasteiger partial charge in [-0.3, -0.25) is 9.69 Å². The van der Waals surface area contributed by atoms with Gasteiger partial charge in [0.2, 0.25) is 5.91 Å². The quantitative estimate of drug-likeness (QED) is 0.673. The predicted molar refractivity (Wildman–Crippen MR) is 64.0 cm³/mol. The molecule has 2 aliphatic rings. The van der Waals surface area contributed by atoms with Crippen LogP contribution in [0, 0.1) is 0 Å². The van der Waals surface area contributed by atoms with Gasteiger partial charge < -0.3 is 14.8 Å². The predicted octanol–water partition coefficient (Wildman–Crippen LogP) is -0.471. The summed E-state index contributed by atoms with van der Waals surface area (Å²) in [5.74, 6) is -0.249. The first-order valence-corrected chi connectivity index (χ1v) is 6.40. The average molecular weight is 256 g/mol. The summed E-state index contributed by atoms with van der Waals surface area (Å²) in [6, 6.07) is 0.407. The number of nitrogens with one attached hydrogen (secondary N) is 1. The van der Waals surface area contributed by atoms with Gasteiger partial charge in [0.1, 0.15) is 0 Å². The Morgan fingerprint density at radius 1 is 1.44 bits per heavy atom. The van der Waals surface area contributed by atoms with Crippen molar-refractivity contribution in [3.8, 4) is 0 Å². The van der Waals surface area contributed by atoms with Crippen LogP contribution >= 0.6 is 0 Å². The fourth-order valence-corrected chi connectivity index (χ4v) is 1.97. The van der Waals surface area contributed by atoms with E-state index in [1.165, 1.54) is 7.11 Å². The number of ether oxygens (including phenoxy) is 2. The second-order valence-corrected chi connectivity index (χ2v) is 4.77. The Bertz CT molecular complexity index is 317. The monoisotopic (exact) mass is 256 g/mol. The van der Waals surface area contributed by atoms with Gasteiger partial charge >= 0.3 is 5.97 Å². The molecule has 1 aliphatic carbocycles. The summed E-state index contributed by atoms with van der Waals surface area (Å²) in [5, 5.41) is 2.95. The van der Waals surface area contributed by atoms with Crippen molar-refractivity contribution in [3.05, 3.63) is 0 Å². The lowest BCUT2D eigenvalue weighted by Gasteiger charge is -2.31. The van der Waals surface area contributed by atoms with Crippen LogP contribution in [0.25, 0.3) is 0 Å². The standard InChI is InChI=1S/C12H20N2O4/c1-17-12(16)10-8-14(6-7-18-10)5-4-11(15)13-9-2-3-9/h9-10H,2-8H2,1H3,(H,13,15). The molecule has 0 aromatic rings.